The van der Waals surface area contributed by atoms with E-state index in [0.29, 0.717) is 12.8 Å². The van der Waals surface area contributed by atoms with Gasteiger partial charge < -0.3 is 14.6 Å². The van der Waals surface area contributed by atoms with Gasteiger partial charge in [-0.2, -0.15) is 0 Å². The normalized spacial score (nSPS) is 43.5. The number of ketones is 1. The summed E-state index contributed by atoms with van der Waals surface area (Å²) in [6.07, 6.45) is 3.58. The smallest absolute Gasteiger partial charge is 0.340 e. The van der Waals surface area contributed by atoms with Crippen LogP contribution in [0.5, 0.6) is 0 Å². The van der Waals surface area contributed by atoms with Crippen molar-refractivity contribution >= 4 is 17.7 Å². The van der Waals surface area contributed by atoms with E-state index < -0.39 is 23.8 Å². The number of rotatable bonds is 1. The lowest BCUT2D eigenvalue weighted by molar-refractivity contribution is -0.158. The Hall–Kier alpha value is -1.95. The first-order valence-electron chi connectivity index (χ1n) is 8.86. The lowest BCUT2D eigenvalue weighted by Crippen LogP contribution is -2.50. The van der Waals surface area contributed by atoms with Gasteiger partial charge in [0.05, 0.1) is 11.0 Å². The molecule has 25 heavy (non-hydrogen) atoms. The van der Waals surface area contributed by atoms with Crippen molar-refractivity contribution < 1.29 is 29.0 Å². The lowest BCUT2D eigenvalue weighted by Gasteiger charge is -2.49. The summed E-state index contributed by atoms with van der Waals surface area (Å²) in [6.45, 7) is 4.00. The molecule has 2 fully saturated rings. The minimum atomic E-state index is -1.28. The molecule has 1 spiro atoms. The zero-order valence-electron chi connectivity index (χ0n) is 14.4. The van der Waals surface area contributed by atoms with Gasteiger partial charge in [-0.05, 0) is 49.7 Å². The summed E-state index contributed by atoms with van der Waals surface area (Å²) in [7, 11) is 0. The fraction of sp³-hybridized carbons (Fsp3) is 0.632. The average molecular weight is 346 g/mol. The summed E-state index contributed by atoms with van der Waals surface area (Å²) >= 11 is 0. The molecule has 4 aliphatic rings. The zero-order chi connectivity index (χ0) is 17.9. The summed E-state index contributed by atoms with van der Waals surface area (Å²) < 4.78 is 10.3. The second-order valence-electron chi connectivity index (χ2n) is 7.81. The number of aliphatic hydroxyl groups is 1. The predicted molar refractivity (Wildman–Crippen MR) is 85.9 cm³/mol. The van der Waals surface area contributed by atoms with Crippen molar-refractivity contribution in [3.05, 3.63) is 23.3 Å². The van der Waals surface area contributed by atoms with E-state index in [1.54, 1.807) is 6.08 Å². The monoisotopic (exact) mass is 346 g/mol. The summed E-state index contributed by atoms with van der Waals surface area (Å²) in [5.74, 6) is -0.716. The van der Waals surface area contributed by atoms with E-state index >= 15 is 0 Å². The predicted octanol–water partition coefficient (Wildman–Crippen LogP) is 1.67. The van der Waals surface area contributed by atoms with Gasteiger partial charge in [0.15, 0.2) is 5.78 Å². The highest BCUT2D eigenvalue weighted by molar-refractivity contribution is 5.95. The van der Waals surface area contributed by atoms with E-state index in [0.717, 1.165) is 18.4 Å². The Labute approximate surface area is 145 Å². The molecule has 2 heterocycles. The molecule has 2 aliphatic carbocycles. The third-order valence-corrected chi connectivity index (χ3v) is 6.62. The Morgan fingerprint density at radius 3 is 2.64 bits per heavy atom. The Morgan fingerprint density at radius 2 is 1.96 bits per heavy atom. The molecule has 0 unspecified atom stereocenters. The number of carbonyl (C=O) groups is 3. The molecule has 1 saturated carbocycles. The average Bonchev–Trinajstić information content (AvgIpc) is 3.04. The number of esters is 2. The summed E-state index contributed by atoms with van der Waals surface area (Å²) in [5, 5.41) is 9.49. The van der Waals surface area contributed by atoms with Crippen molar-refractivity contribution in [2.45, 2.75) is 51.9 Å². The van der Waals surface area contributed by atoms with Crippen LogP contribution in [0.25, 0.3) is 0 Å². The molecule has 1 saturated heterocycles. The largest absolute Gasteiger partial charge is 0.457 e. The molecular weight excluding hydrogens is 324 g/mol. The maximum absolute atomic E-state index is 13.0. The minimum Gasteiger partial charge on any atom is -0.457 e. The summed E-state index contributed by atoms with van der Waals surface area (Å²) in [4.78, 5) is 37.1. The van der Waals surface area contributed by atoms with Gasteiger partial charge in [0.1, 0.15) is 6.10 Å². The summed E-state index contributed by atoms with van der Waals surface area (Å²) in [5.41, 5.74) is 0.494. The van der Waals surface area contributed by atoms with Crippen molar-refractivity contribution in [2.24, 2.45) is 23.2 Å². The Balaban J connectivity index is 1.71. The topological polar surface area (TPSA) is 89.9 Å². The molecule has 6 nitrogen and oxygen atoms in total. The first-order chi connectivity index (χ1) is 11.8. The molecular formula is C19H22O6. The molecule has 6 heteroatoms. The quantitative estimate of drug-likeness (QED) is 0.727. The Morgan fingerprint density at radius 1 is 1.20 bits per heavy atom. The third kappa shape index (κ3) is 2.30. The first kappa shape index (κ1) is 16.5. The molecule has 1 N–H and O–H groups in total. The van der Waals surface area contributed by atoms with Gasteiger partial charge in [-0.1, -0.05) is 12.5 Å². The number of fused-ring (bicyclic) bond motifs is 2. The molecule has 0 radical (unpaired) electrons. The SMILES string of the molecule is CC1=CC(=O)C[C@H]2[C@@H]1CC[C@@H](C)[C@]21C[C@@H](C2=C[C@H](O)OC2=O)OC1=O. The van der Waals surface area contributed by atoms with Gasteiger partial charge in [-0.25, -0.2) is 4.79 Å². The van der Waals surface area contributed by atoms with E-state index in [-0.39, 0.29) is 35.1 Å². The first-order valence-corrected chi connectivity index (χ1v) is 8.86. The van der Waals surface area contributed by atoms with E-state index in [2.05, 4.69) is 0 Å². The van der Waals surface area contributed by atoms with Gasteiger partial charge in [0, 0.05) is 12.8 Å². The highest BCUT2D eigenvalue weighted by Gasteiger charge is 2.62. The van der Waals surface area contributed by atoms with E-state index in [4.69, 9.17) is 9.47 Å². The van der Waals surface area contributed by atoms with Crippen molar-refractivity contribution in [3.8, 4) is 0 Å². The van der Waals surface area contributed by atoms with Crippen molar-refractivity contribution in [2.75, 3.05) is 0 Å². The van der Waals surface area contributed by atoms with Crippen LogP contribution < -0.4 is 0 Å². The van der Waals surface area contributed by atoms with Crippen LogP contribution in [-0.4, -0.2) is 35.2 Å². The van der Waals surface area contributed by atoms with Crippen LogP contribution in [0.3, 0.4) is 0 Å². The third-order valence-electron chi connectivity index (χ3n) is 6.62. The maximum Gasteiger partial charge on any atom is 0.340 e. The van der Waals surface area contributed by atoms with Gasteiger partial charge in [0.25, 0.3) is 0 Å². The van der Waals surface area contributed by atoms with Crippen molar-refractivity contribution in [1.29, 1.82) is 0 Å². The molecule has 0 bridgehead atoms. The number of ether oxygens (including phenoxy) is 2. The van der Waals surface area contributed by atoms with Crippen LogP contribution in [0, 0.1) is 23.2 Å². The minimum absolute atomic E-state index is 0.0541. The number of aliphatic hydroxyl groups excluding tert-OH is 1. The second-order valence-corrected chi connectivity index (χ2v) is 7.81. The number of hydrogen-bond donors (Lipinski definition) is 1. The van der Waals surface area contributed by atoms with Crippen LogP contribution in [0.2, 0.25) is 0 Å². The molecule has 134 valence electrons. The Bertz CT molecular complexity index is 719. The van der Waals surface area contributed by atoms with Crippen molar-refractivity contribution in [3.63, 3.8) is 0 Å². The molecule has 0 aromatic heterocycles. The van der Waals surface area contributed by atoms with E-state index in [1.807, 2.05) is 13.8 Å². The molecule has 6 atom stereocenters. The summed E-state index contributed by atoms with van der Waals surface area (Å²) in [6, 6.07) is 0. The van der Waals surface area contributed by atoms with Crippen LogP contribution in [0.15, 0.2) is 23.3 Å². The number of allylic oxidation sites excluding steroid dienone is 2. The van der Waals surface area contributed by atoms with E-state index in [1.165, 1.54) is 6.08 Å². The van der Waals surface area contributed by atoms with Gasteiger partial charge >= 0.3 is 11.9 Å². The maximum atomic E-state index is 13.0. The molecule has 0 aromatic carbocycles. The number of cyclic esters (lactones) is 2. The highest BCUT2D eigenvalue weighted by atomic mass is 16.6. The van der Waals surface area contributed by atoms with Gasteiger partial charge in [-0.15, -0.1) is 0 Å². The van der Waals surface area contributed by atoms with Crippen LogP contribution in [0.1, 0.15) is 39.5 Å². The van der Waals surface area contributed by atoms with Gasteiger partial charge in [0.2, 0.25) is 6.29 Å². The fourth-order valence-electron chi connectivity index (χ4n) is 5.34. The van der Waals surface area contributed by atoms with Gasteiger partial charge in [-0.3, -0.25) is 9.59 Å². The number of carbonyl (C=O) groups excluding carboxylic acids is 3. The molecule has 2 aliphatic heterocycles. The van der Waals surface area contributed by atoms with Crippen LogP contribution in [0.4, 0.5) is 0 Å². The standard InChI is InChI=1S/C19H22O6/c1-9-5-11(20)6-14-12(9)4-3-10(2)19(14)8-15(24-18(19)23)13-7-16(21)25-17(13)22/h5,7,10,12,14-16,21H,3-4,6,8H2,1-2H3/t10-,12-,14+,15+,16-,19-/m1/s1. The molecule has 4 rings (SSSR count). The van der Waals surface area contributed by atoms with Crippen molar-refractivity contribution in [1.82, 2.24) is 0 Å². The molecule has 0 amide bonds. The number of hydrogen-bond acceptors (Lipinski definition) is 6. The zero-order valence-corrected chi connectivity index (χ0v) is 14.4. The fourth-order valence-corrected chi connectivity index (χ4v) is 5.34. The lowest BCUT2D eigenvalue weighted by atomic mass is 9.52. The van der Waals surface area contributed by atoms with Crippen LogP contribution >= 0.6 is 0 Å². The molecule has 0 aromatic rings. The Kier molecular flexibility index (Phi) is 3.65. The van der Waals surface area contributed by atoms with Crippen LogP contribution in [-0.2, 0) is 23.9 Å². The van der Waals surface area contributed by atoms with E-state index in [9.17, 15) is 19.5 Å². The second kappa shape index (κ2) is 5.53. The highest BCUT2D eigenvalue weighted by Crippen LogP contribution is 2.59.